The van der Waals surface area contributed by atoms with Crippen molar-refractivity contribution in [3.63, 3.8) is 0 Å². The van der Waals surface area contributed by atoms with E-state index < -0.39 is 11.4 Å². The van der Waals surface area contributed by atoms with Gasteiger partial charge in [0.2, 0.25) is 0 Å². The molecule has 0 radical (unpaired) electrons. The van der Waals surface area contributed by atoms with Crippen molar-refractivity contribution in [1.29, 1.82) is 0 Å². The molecule has 0 spiro atoms. The van der Waals surface area contributed by atoms with Crippen LogP contribution in [0.3, 0.4) is 0 Å². The summed E-state index contributed by atoms with van der Waals surface area (Å²) in [6, 6.07) is 0. The molecule has 6 heteroatoms. The standard InChI is InChI=1S/CH3O.H2O3S.Zn/c1-2;1-4(2)3;/h2H,1H2;(H2,1,2,3);. The summed E-state index contributed by atoms with van der Waals surface area (Å²) in [6.07, 6.45) is 0. The molecule has 3 N–H and O–H groups in total. The predicted molar refractivity (Wildman–Crippen MR) is 20.5 cm³/mol. The Morgan fingerprint density at radius 3 is 1.57 bits per heavy atom. The van der Waals surface area contributed by atoms with Crippen LogP contribution in [0.2, 0.25) is 0 Å². The molecule has 41 valence electrons. The molecule has 0 rings (SSSR count). The van der Waals surface area contributed by atoms with E-state index in [1.165, 1.54) is 0 Å². The zero-order chi connectivity index (χ0) is 6.28. The van der Waals surface area contributed by atoms with E-state index in [4.69, 9.17) is 18.4 Å². The molecule has 0 saturated carbocycles. The molecular formula is CH5O4SZn. The van der Waals surface area contributed by atoms with Crippen LogP contribution in [0.25, 0.3) is 0 Å². The first kappa shape index (κ1) is 10.6. The number of rotatable bonds is 0. The monoisotopic (exact) mass is 177 g/mol. The molecule has 0 amide bonds. The Bertz CT molecular complexity index is 43.0. The summed E-state index contributed by atoms with van der Waals surface area (Å²) in [5.74, 6) is 0. The van der Waals surface area contributed by atoms with E-state index in [1.54, 1.807) is 0 Å². The first-order valence-electron chi connectivity index (χ1n) is 1.35. The fourth-order valence-corrected chi connectivity index (χ4v) is 0. The average molecular weight is 179 g/mol. The van der Waals surface area contributed by atoms with Crippen molar-refractivity contribution >= 4 is 11.4 Å². The summed E-state index contributed by atoms with van der Waals surface area (Å²) in [5.41, 5.74) is 0. The molecule has 4 nitrogen and oxygen atoms in total. The molecule has 0 bridgehead atoms. The van der Waals surface area contributed by atoms with Crippen LogP contribution >= 0.6 is 0 Å². The number of hydrogen-bond donors (Lipinski definition) is 3. The number of hydrogen-bond acceptors (Lipinski definition) is 2. The molecule has 0 atom stereocenters. The SMILES string of the molecule is O=S(O)O.O[CH2][Zn]. The molecule has 0 aliphatic heterocycles. The van der Waals surface area contributed by atoms with Gasteiger partial charge in [0.25, 0.3) is 11.4 Å². The maximum absolute atomic E-state index is 8.67. The van der Waals surface area contributed by atoms with Crippen LogP contribution in [0.1, 0.15) is 0 Å². The molecule has 0 aliphatic carbocycles. The van der Waals surface area contributed by atoms with Crippen LogP contribution in [0, 0.1) is 0 Å². The zero-order valence-electron chi connectivity index (χ0n) is 3.57. The minimum absolute atomic E-state index is 0.375. The van der Waals surface area contributed by atoms with Gasteiger partial charge in [0.15, 0.2) is 0 Å². The number of aliphatic hydroxyl groups excluding tert-OH is 1. The van der Waals surface area contributed by atoms with Gasteiger partial charge in [-0.05, 0) is 0 Å². The molecule has 0 aromatic carbocycles. The van der Waals surface area contributed by atoms with Crippen molar-refractivity contribution in [2.75, 3.05) is 5.20 Å². The Kier molecular flexibility index (Phi) is 14.9. The van der Waals surface area contributed by atoms with Gasteiger partial charge >= 0.3 is 28.6 Å². The van der Waals surface area contributed by atoms with Crippen LogP contribution in [-0.4, -0.2) is 23.6 Å². The Balaban J connectivity index is 0. The summed E-state index contributed by atoms with van der Waals surface area (Å²) in [6.45, 7) is 0. The van der Waals surface area contributed by atoms with Gasteiger partial charge in [-0.25, -0.2) is 0 Å². The molecule has 0 aromatic heterocycles. The quantitative estimate of drug-likeness (QED) is 0.334. The predicted octanol–water partition coefficient (Wildman–Crippen LogP) is -0.836. The Morgan fingerprint density at radius 1 is 1.57 bits per heavy atom. The first-order chi connectivity index (χ1) is 3.15. The number of aliphatic hydroxyl groups is 1. The van der Waals surface area contributed by atoms with Gasteiger partial charge in [-0.3, -0.25) is 9.11 Å². The molecule has 0 heterocycles. The summed E-state index contributed by atoms with van der Waals surface area (Å²) < 4.78 is 22.8. The molecule has 7 heavy (non-hydrogen) atoms. The summed E-state index contributed by atoms with van der Waals surface area (Å²) in [7, 11) is 0. The van der Waals surface area contributed by atoms with Crippen LogP contribution in [0.5, 0.6) is 0 Å². The van der Waals surface area contributed by atoms with Gasteiger partial charge in [-0.1, -0.05) is 0 Å². The fourth-order valence-electron chi connectivity index (χ4n) is 0. The maximum atomic E-state index is 8.67. The Morgan fingerprint density at radius 2 is 1.57 bits per heavy atom. The van der Waals surface area contributed by atoms with Gasteiger partial charge in [-0.2, -0.15) is 4.21 Å². The van der Waals surface area contributed by atoms with Crippen molar-refractivity contribution in [1.82, 2.24) is 0 Å². The normalized spacial score (nSPS) is 7.71. The van der Waals surface area contributed by atoms with E-state index >= 15 is 0 Å². The third kappa shape index (κ3) is 337. The van der Waals surface area contributed by atoms with Crippen molar-refractivity contribution in [2.24, 2.45) is 0 Å². The third-order valence-electron chi connectivity index (χ3n) is 0. The zero-order valence-corrected chi connectivity index (χ0v) is 7.36. The van der Waals surface area contributed by atoms with Gasteiger partial charge < -0.3 is 0 Å². The van der Waals surface area contributed by atoms with Crippen molar-refractivity contribution in [3.05, 3.63) is 0 Å². The van der Waals surface area contributed by atoms with Gasteiger partial charge in [0, 0.05) is 0 Å². The minimum atomic E-state index is -2.61. The Hall–Kier alpha value is 0.653. The van der Waals surface area contributed by atoms with Gasteiger partial charge in [0.1, 0.15) is 0 Å². The van der Waals surface area contributed by atoms with Gasteiger partial charge in [-0.15, -0.1) is 0 Å². The third-order valence-corrected chi connectivity index (χ3v) is 0. The molecule has 0 aliphatic rings. The van der Waals surface area contributed by atoms with Crippen molar-refractivity contribution in [3.8, 4) is 0 Å². The molecule has 0 fully saturated rings. The van der Waals surface area contributed by atoms with Crippen molar-refractivity contribution < 1.29 is 36.7 Å². The van der Waals surface area contributed by atoms with E-state index in [2.05, 4.69) is 0 Å². The average Bonchev–Trinajstić information content (AvgIpc) is 1.33. The second-order valence-corrected chi connectivity index (χ2v) is 1.85. The fraction of sp³-hybridized carbons (Fsp3) is 1.00. The first-order valence-corrected chi connectivity index (χ1v) is 4.51. The summed E-state index contributed by atoms with van der Waals surface area (Å²) in [4.78, 5) is 0. The van der Waals surface area contributed by atoms with E-state index in [-0.39, 0.29) is 0 Å². The summed E-state index contributed by atoms with van der Waals surface area (Å²) in [5, 5.41) is 8.00. The molecule has 0 unspecified atom stereocenters. The summed E-state index contributed by atoms with van der Waals surface area (Å²) >= 11 is -1.61. The van der Waals surface area contributed by atoms with Gasteiger partial charge in [0.05, 0.1) is 0 Å². The Labute approximate surface area is 53.7 Å². The molecule has 0 saturated heterocycles. The van der Waals surface area contributed by atoms with Crippen LogP contribution in [-0.2, 0) is 29.7 Å². The van der Waals surface area contributed by atoms with E-state index in [9.17, 15) is 0 Å². The van der Waals surface area contributed by atoms with E-state index in [0.717, 1.165) is 18.3 Å². The van der Waals surface area contributed by atoms with E-state index in [1.807, 2.05) is 0 Å². The van der Waals surface area contributed by atoms with Crippen molar-refractivity contribution in [2.45, 2.75) is 0 Å². The van der Waals surface area contributed by atoms with Crippen LogP contribution in [0.4, 0.5) is 0 Å². The second-order valence-electron chi connectivity index (χ2n) is 0.454. The van der Waals surface area contributed by atoms with Crippen LogP contribution in [0.15, 0.2) is 0 Å². The second kappa shape index (κ2) is 9.82. The van der Waals surface area contributed by atoms with Crippen LogP contribution < -0.4 is 0 Å². The molecule has 0 aromatic rings. The molecular weight excluding hydrogens is 173 g/mol. The van der Waals surface area contributed by atoms with E-state index in [0.29, 0.717) is 5.20 Å². The topological polar surface area (TPSA) is 77.8 Å².